The van der Waals surface area contributed by atoms with Gasteiger partial charge in [0.05, 0.1) is 17.8 Å². The molecule has 2 N–H and O–H groups in total. The molecule has 1 unspecified atom stereocenters. The van der Waals surface area contributed by atoms with Crippen LogP contribution in [0, 0.1) is 0 Å². The highest BCUT2D eigenvalue weighted by molar-refractivity contribution is 5.80. The van der Waals surface area contributed by atoms with E-state index in [1.807, 2.05) is 10.7 Å². The Kier molecular flexibility index (Phi) is 8.42. The van der Waals surface area contributed by atoms with E-state index in [1.165, 1.54) is 48.3 Å². The maximum Gasteiger partial charge on any atom is 0.165 e. The smallest absolute Gasteiger partial charge is 0.165 e. The van der Waals surface area contributed by atoms with Crippen molar-refractivity contribution in [3.63, 3.8) is 0 Å². The van der Waals surface area contributed by atoms with Gasteiger partial charge in [0.15, 0.2) is 6.35 Å². The zero-order valence-corrected chi connectivity index (χ0v) is 22.5. The molecule has 2 saturated heterocycles. The topological polar surface area (TPSA) is 68.5 Å². The number of ether oxygens (including phenoxy) is 1. The predicted molar refractivity (Wildman–Crippen MR) is 149 cm³/mol. The fourth-order valence-electron chi connectivity index (χ4n) is 5.87. The lowest BCUT2D eigenvalue weighted by Crippen LogP contribution is -2.56. The Labute approximate surface area is 220 Å². The minimum atomic E-state index is -0.169. The summed E-state index contributed by atoms with van der Waals surface area (Å²) < 4.78 is 7.59. The third kappa shape index (κ3) is 5.84. The van der Waals surface area contributed by atoms with E-state index in [0.717, 1.165) is 31.7 Å². The quantitative estimate of drug-likeness (QED) is 0.432. The molecule has 2 aromatic heterocycles. The highest BCUT2D eigenvalue weighted by atomic mass is 16.5. The van der Waals surface area contributed by atoms with E-state index in [0.29, 0.717) is 18.5 Å². The van der Waals surface area contributed by atoms with Crippen molar-refractivity contribution in [3.05, 3.63) is 54.4 Å². The maximum atomic E-state index is 9.13. The van der Waals surface area contributed by atoms with Crippen molar-refractivity contribution in [3.8, 4) is 11.1 Å². The average molecular weight is 507 g/mol. The summed E-state index contributed by atoms with van der Waals surface area (Å²) in [6, 6.07) is 14.3. The Hall–Kier alpha value is -2.49. The van der Waals surface area contributed by atoms with Crippen LogP contribution >= 0.6 is 0 Å². The molecule has 4 heterocycles. The van der Waals surface area contributed by atoms with Crippen LogP contribution in [0.3, 0.4) is 0 Å². The maximum absolute atomic E-state index is 9.13. The molecule has 0 amide bonds. The number of piperazine rings is 1. The van der Waals surface area contributed by atoms with Crippen molar-refractivity contribution in [2.45, 2.75) is 45.0 Å². The second-order valence-electron chi connectivity index (χ2n) is 10.6. The number of hydrogen-bond donors (Lipinski definition) is 2. The standard InChI is InChI=1S/C29H42N6O2/c1-22(2)32-13-9-25(10-14-32)23-4-6-24(7-5-23)26-20-28-27(8-11-31-35(28)21-26)33-15-17-34(18-16-33)29(37-3)30-12-19-36/h4-8,11,20-22,25,29-30,36H,9-10,12-19H2,1-3H3. The summed E-state index contributed by atoms with van der Waals surface area (Å²) in [5, 5.41) is 17.0. The minimum absolute atomic E-state index is 0.103. The molecule has 0 radical (unpaired) electrons. The van der Waals surface area contributed by atoms with Gasteiger partial charge in [-0.05, 0) is 69.0 Å². The summed E-state index contributed by atoms with van der Waals surface area (Å²) in [6.45, 7) is 11.2. The van der Waals surface area contributed by atoms with E-state index in [2.05, 4.69) is 81.6 Å². The van der Waals surface area contributed by atoms with Gasteiger partial charge in [0.25, 0.3) is 0 Å². The third-order valence-corrected chi connectivity index (χ3v) is 8.10. The number of nitrogens with one attached hydrogen (secondary N) is 1. The molecule has 5 rings (SSSR count). The van der Waals surface area contributed by atoms with Gasteiger partial charge in [0.2, 0.25) is 0 Å². The van der Waals surface area contributed by atoms with E-state index in [1.54, 1.807) is 7.11 Å². The minimum Gasteiger partial charge on any atom is -0.395 e. The first-order valence-electron chi connectivity index (χ1n) is 13.7. The van der Waals surface area contributed by atoms with Gasteiger partial charge in [-0.3, -0.25) is 10.2 Å². The lowest BCUT2D eigenvalue weighted by molar-refractivity contribution is -0.0588. The second-order valence-corrected chi connectivity index (χ2v) is 10.6. The number of anilines is 1. The molecule has 2 fully saturated rings. The molecule has 1 atom stereocenters. The van der Waals surface area contributed by atoms with Crippen molar-refractivity contribution in [2.75, 3.05) is 64.4 Å². The summed E-state index contributed by atoms with van der Waals surface area (Å²) in [6.07, 6.45) is 6.36. The van der Waals surface area contributed by atoms with Crippen LogP contribution < -0.4 is 10.2 Å². The van der Waals surface area contributed by atoms with Crippen LogP contribution in [0.5, 0.6) is 0 Å². The van der Waals surface area contributed by atoms with E-state index in [4.69, 9.17) is 9.84 Å². The zero-order chi connectivity index (χ0) is 25.8. The number of likely N-dealkylation sites (tertiary alicyclic amines) is 1. The monoisotopic (exact) mass is 506 g/mol. The Morgan fingerprint density at radius 3 is 2.35 bits per heavy atom. The number of rotatable bonds is 9. The Balaban J connectivity index is 1.27. The first-order chi connectivity index (χ1) is 18.1. The number of aliphatic hydroxyl groups is 1. The van der Waals surface area contributed by atoms with E-state index < -0.39 is 0 Å². The van der Waals surface area contributed by atoms with Gasteiger partial charge in [-0.15, -0.1) is 0 Å². The van der Waals surface area contributed by atoms with Gasteiger partial charge >= 0.3 is 0 Å². The normalized spacial score (nSPS) is 19.2. The molecular weight excluding hydrogens is 464 g/mol. The first-order valence-corrected chi connectivity index (χ1v) is 13.7. The molecule has 2 aliphatic heterocycles. The second kappa shape index (κ2) is 11.9. The van der Waals surface area contributed by atoms with Crippen molar-refractivity contribution in [2.24, 2.45) is 0 Å². The van der Waals surface area contributed by atoms with Gasteiger partial charge in [0.1, 0.15) is 0 Å². The lowest BCUT2D eigenvalue weighted by Gasteiger charge is -2.39. The van der Waals surface area contributed by atoms with Crippen LogP contribution in [0.25, 0.3) is 16.6 Å². The number of methoxy groups -OCH3 is 1. The molecule has 8 nitrogen and oxygen atoms in total. The molecule has 0 aliphatic carbocycles. The number of fused-ring (bicyclic) bond motifs is 1. The Morgan fingerprint density at radius 2 is 1.70 bits per heavy atom. The molecule has 37 heavy (non-hydrogen) atoms. The summed E-state index contributed by atoms with van der Waals surface area (Å²) in [5.74, 6) is 0.667. The Bertz CT molecular complexity index is 1130. The third-order valence-electron chi connectivity index (χ3n) is 8.10. The van der Waals surface area contributed by atoms with Gasteiger partial charge in [-0.2, -0.15) is 5.10 Å². The lowest BCUT2D eigenvalue weighted by atomic mass is 9.88. The molecule has 0 bridgehead atoms. The average Bonchev–Trinajstić information content (AvgIpc) is 3.39. The zero-order valence-electron chi connectivity index (χ0n) is 22.5. The fraction of sp³-hybridized carbons (Fsp3) is 0.552. The van der Waals surface area contributed by atoms with Crippen LogP contribution in [0.15, 0.2) is 48.8 Å². The number of aromatic nitrogens is 2. The molecule has 0 saturated carbocycles. The molecular formula is C29H42N6O2. The van der Waals surface area contributed by atoms with Crippen LogP contribution in [0.2, 0.25) is 0 Å². The Morgan fingerprint density at radius 1 is 0.973 bits per heavy atom. The van der Waals surface area contributed by atoms with Crippen LogP contribution in [0.4, 0.5) is 5.69 Å². The summed E-state index contributed by atoms with van der Waals surface area (Å²) in [5.41, 5.74) is 6.26. The number of hydrogen-bond acceptors (Lipinski definition) is 7. The van der Waals surface area contributed by atoms with Crippen molar-refractivity contribution in [1.82, 2.24) is 24.7 Å². The predicted octanol–water partition coefficient (Wildman–Crippen LogP) is 3.22. The molecule has 200 valence electrons. The van der Waals surface area contributed by atoms with Crippen LogP contribution in [-0.2, 0) is 4.74 Å². The molecule has 0 spiro atoms. The summed E-state index contributed by atoms with van der Waals surface area (Å²) in [7, 11) is 1.71. The van der Waals surface area contributed by atoms with E-state index >= 15 is 0 Å². The van der Waals surface area contributed by atoms with Crippen LogP contribution in [0.1, 0.15) is 38.2 Å². The summed E-state index contributed by atoms with van der Waals surface area (Å²) >= 11 is 0. The van der Waals surface area contributed by atoms with E-state index in [9.17, 15) is 0 Å². The van der Waals surface area contributed by atoms with Crippen molar-refractivity contribution in [1.29, 1.82) is 0 Å². The molecule has 1 aromatic carbocycles. The molecule has 8 heteroatoms. The van der Waals surface area contributed by atoms with Gasteiger partial charge in [-0.25, -0.2) is 4.52 Å². The molecule has 2 aliphatic rings. The SMILES string of the molecule is COC(NCCO)N1CCN(c2ccnn3cc(-c4ccc(C5CCN(C(C)C)CC5)cc4)cc23)CC1. The van der Waals surface area contributed by atoms with Gasteiger partial charge < -0.3 is 19.6 Å². The van der Waals surface area contributed by atoms with Gasteiger partial charge in [-0.1, -0.05) is 24.3 Å². The van der Waals surface area contributed by atoms with E-state index in [-0.39, 0.29) is 13.0 Å². The van der Waals surface area contributed by atoms with Gasteiger partial charge in [0, 0.05) is 63.8 Å². The fourth-order valence-corrected chi connectivity index (χ4v) is 5.87. The highest BCUT2D eigenvalue weighted by Crippen LogP contribution is 2.32. The van der Waals surface area contributed by atoms with Crippen molar-refractivity contribution >= 4 is 11.2 Å². The first kappa shape index (κ1) is 26.1. The van der Waals surface area contributed by atoms with Crippen LogP contribution in [-0.4, -0.2) is 96.4 Å². The number of nitrogens with zero attached hydrogens (tertiary/aromatic N) is 5. The van der Waals surface area contributed by atoms with Crippen molar-refractivity contribution < 1.29 is 9.84 Å². The number of aliphatic hydroxyl groups excluding tert-OH is 1. The summed E-state index contributed by atoms with van der Waals surface area (Å²) in [4.78, 5) is 7.30. The number of benzene rings is 1. The largest absolute Gasteiger partial charge is 0.395 e. The highest BCUT2D eigenvalue weighted by Gasteiger charge is 2.25. The number of piperidine rings is 1. The molecule has 3 aromatic rings.